The summed E-state index contributed by atoms with van der Waals surface area (Å²) in [5.74, 6) is 1.00. The third-order valence-corrected chi connectivity index (χ3v) is 2.36. The number of hydrogen-bond acceptors (Lipinski definition) is 2. The lowest BCUT2D eigenvalue weighted by Gasteiger charge is -1.94. The van der Waals surface area contributed by atoms with Crippen LogP contribution in [0.15, 0.2) is 35.5 Å². The van der Waals surface area contributed by atoms with Crippen molar-refractivity contribution in [2.24, 2.45) is 4.99 Å². The molecular weight excluding hydrogens is 174 g/mol. The van der Waals surface area contributed by atoms with Gasteiger partial charge in [-0.15, -0.1) is 0 Å². The molecule has 1 aromatic heterocycles. The molecule has 2 heterocycles. The van der Waals surface area contributed by atoms with Gasteiger partial charge in [0.2, 0.25) is 0 Å². The molecule has 3 heteroatoms. The number of hydrogen-bond donors (Lipinski definition) is 2. The summed E-state index contributed by atoms with van der Waals surface area (Å²) in [7, 11) is 0. The highest BCUT2D eigenvalue weighted by molar-refractivity contribution is 5.98. The van der Waals surface area contributed by atoms with Gasteiger partial charge in [-0.25, -0.2) is 4.99 Å². The zero-order valence-corrected chi connectivity index (χ0v) is 7.49. The molecule has 0 spiro atoms. The normalized spacial score (nSPS) is 13.7. The van der Waals surface area contributed by atoms with Crippen LogP contribution in [0.1, 0.15) is 5.56 Å². The molecule has 3 rings (SSSR count). The van der Waals surface area contributed by atoms with Gasteiger partial charge >= 0.3 is 0 Å². The Balaban J connectivity index is 2.37. The first-order valence-corrected chi connectivity index (χ1v) is 4.50. The van der Waals surface area contributed by atoms with Gasteiger partial charge in [0, 0.05) is 22.7 Å². The van der Waals surface area contributed by atoms with E-state index in [4.69, 9.17) is 0 Å². The highest BCUT2D eigenvalue weighted by atomic mass is 15.0. The van der Waals surface area contributed by atoms with E-state index in [1.165, 1.54) is 5.39 Å². The molecule has 0 aliphatic carbocycles. The van der Waals surface area contributed by atoms with Crippen molar-refractivity contribution < 1.29 is 0 Å². The van der Waals surface area contributed by atoms with Gasteiger partial charge < -0.3 is 10.3 Å². The van der Waals surface area contributed by atoms with E-state index >= 15 is 0 Å². The number of fused-ring (bicyclic) bond motifs is 3. The fraction of sp³-hybridized carbons (Fsp3) is 0. The Hall–Kier alpha value is -2.03. The lowest BCUT2D eigenvalue weighted by molar-refractivity contribution is 1.45. The van der Waals surface area contributed by atoms with Gasteiger partial charge in [0.25, 0.3) is 0 Å². The van der Waals surface area contributed by atoms with Crippen LogP contribution in [-0.4, -0.2) is 11.3 Å². The van der Waals surface area contributed by atoms with Crippen LogP contribution in [0.4, 0.5) is 5.82 Å². The Morgan fingerprint density at radius 2 is 2.07 bits per heavy atom. The number of benzene rings is 1. The Morgan fingerprint density at radius 1 is 1.14 bits per heavy atom. The molecule has 0 fully saturated rings. The first-order valence-electron chi connectivity index (χ1n) is 4.50. The van der Waals surface area contributed by atoms with Crippen molar-refractivity contribution in [2.45, 2.75) is 0 Å². The van der Waals surface area contributed by atoms with E-state index < -0.39 is 0 Å². The van der Waals surface area contributed by atoms with Crippen LogP contribution in [0.3, 0.4) is 0 Å². The van der Waals surface area contributed by atoms with Crippen LogP contribution in [0.25, 0.3) is 17.0 Å². The first kappa shape index (κ1) is 7.38. The zero-order valence-electron chi connectivity index (χ0n) is 7.49. The first-order chi connectivity index (χ1) is 6.95. The molecule has 1 aliphatic rings. The summed E-state index contributed by atoms with van der Waals surface area (Å²) >= 11 is 0. The number of aromatic nitrogens is 1. The topological polar surface area (TPSA) is 40.2 Å². The molecular formula is C11H9N3. The Morgan fingerprint density at radius 3 is 3.07 bits per heavy atom. The van der Waals surface area contributed by atoms with Crippen molar-refractivity contribution in [3.8, 4) is 0 Å². The molecule has 2 aromatic rings. The van der Waals surface area contributed by atoms with Gasteiger partial charge in [-0.1, -0.05) is 18.2 Å². The van der Waals surface area contributed by atoms with Crippen LogP contribution in [-0.2, 0) is 0 Å². The molecule has 0 saturated carbocycles. The Labute approximate surface area is 81.2 Å². The van der Waals surface area contributed by atoms with Gasteiger partial charge in [0.15, 0.2) is 0 Å². The fourth-order valence-electron chi connectivity index (χ4n) is 1.71. The zero-order chi connectivity index (χ0) is 9.38. The summed E-state index contributed by atoms with van der Waals surface area (Å²) < 4.78 is 0. The summed E-state index contributed by atoms with van der Waals surface area (Å²) in [5.41, 5.74) is 2.31. The molecule has 3 nitrogen and oxygen atoms in total. The van der Waals surface area contributed by atoms with Crippen molar-refractivity contribution in [3.63, 3.8) is 0 Å². The summed E-state index contributed by atoms with van der Waals surface area (Å²) in [6, 6.07) is 8.23. The number of aliphatic imine (C=N–C) groups is 1. The summed E-state index contributed by atoms with van der Waals surface area (Å²) in [6.45, 7) is 0. The predicted octanol–water partition coefficient (Wildman–Crippen LogP) is 2.59. The monoisotopic (exact) mass is 183 g/mol. The fourth-order valence-corrected chi connectivity index (χ4v) is 1.71. The second kappa shape index (κ2) is 2.73. The second-order valence-electron chi connectivity index (χ2n) is 3.20. The minimum Gasteiger partial charge on any atom is -0.341 e. The van der Waals surface area contributed by atoms with Crippen molar-refractivity contribution in [1.82, 2.24) is 4.98 Å². The maximum atomic E-state index is 4.03. The predicted molar refractivity (Wildman–Crippen MR) is 59.4 cm³/mol. The Bertz CT molecular complexity index is 534. The van der Waals surface area contributed by atoms with Crippen molar-refractivity contribution in [1.29, 1.82) is 0 Å². The van der Waals surface area contributed by atoms with E-state index in [9.17, 15) is 0 Å². The number of nitrogens with one attached hydrogen (secondary N) is 2. The molecule has 1 aromatic carbocycles. The van der Waals surface area contributed by atoms with Crippen molar-refractivity contribution >= 4 is 29.1 Å². The number of nitrogens with zero attached hydrogens (tertiary/aromatic N) is 1. The van der Waals surface area contributed by atoms with Gasteiger partial charge in [-0.3, -0.25) is 0 Å². The van der Waals surface area contributed by atoms with Crippen LogP contribution in [0.5, 0.6) is 0 Å². The quantitative estimate of drug-likeness (QED) is 0.647. The SMILES string of the molecule is C1=Cc2c([nH]c3ccccc23)NC=N1. The third kappa shape index (κ3) is 0.956. The maximum absolute atomic E-state index is 4.03. The van der Waals surface area contributed by atoms with E-state index in [2.05, 4.69) is 27.4 Å². The lowest BCUT2D eigenvalue weighted by Crippen LogP contribution is -1.93. The summed E-state index contributed by atoms with van der Waals surface area (Å²) in [4.78, 5) is 7.33. The van der Waals surface area contributed by atoms with E-state index in [1.807, 2.05) is 18.2 Å². The van der Waals surface area contributed by atoms with Crippen molar-refractivity contribution in [3.05, 3.63) is 36.0 Å². The molecule has 1 aliphatic heterocycles. The number of rotatable bonds is 0. The standard InChI is InChI=1S/C11H9N3/c1-2-4-10-8(3-1)9-5-6-12-7-13-11(9)14-10/h1-7,14H,(H,12,13). The Kier molecular flexibility index (Phi) is 1.44. The molecule has 0 unspecified atom stereocenters. The molecule has 0 bridgehead atoms. The smallest absolute Gasteiger partial charge is 0.116 e. The van der Waals surface area contributed by atoms with Gasteiger partial charge in [-0.2, -0.15) is 0 Å². The van der Waals surface area contributed by atoms with E-state index in [1.54, 1.807) is 12.5 Å². The van der Waals surface area contributed by atoms with E-state index in [0.29, 0.717) is 0 Å². The number of anilines is 1. The van der Waals surface area contributed by atoms with Crippen LogP contribution >= 0.6 is 0 Å². The highest BCUT2D eigenvalue weighted by Crippen LogP contribution is 2.27. The molecule has 14 heavy (non-hydrogen) atoms. The van der Waals surface area contributed by atoms with Crippen LogP contribution < -0.4 is 5.32 Å². The highest BCUT2D eigenvalue weighted by Gasteiger charge is 2.08. The van der Waals surface area contributed by atoms with Gasteiger partial charge in [0.1, 0.15) is 5.82 Å². The van der Waals surface area contributed by atoms with E-state index in [0.717, 1.165) is 16.9 Å². The van der Waals surface area contributed by atoms with Gasteiger partial charge in [0.05, 0.1) is 6.34 Å². The largest absolute Gasteiger partial charge is 0.341 e. The van der Waals surface area contributed by atoms with E-state index in [-0.39, 0.29) is 0 Å². The number of para-hydroxylation sites is 1. The summed E-state index contributed by atoms with van der Waals surface area (Å²) in [6.07, 6.45) is 5.47. The second-order valence-corrected chi connectivity index (χ2v) is 3.20. The molecule has 0 amide bonds. The summed E-state index contributed by atoms with van der Waals surface area (Å²) in [5, 5.41) is 4.32. The lowest BCUT2D eigenvalue weighted by atomic mass is 10.1. The molecule has 2 N–H and O–H groups in total. The van der Waals surface area contributed by atoms with Crippen LogP contribution in [0, 0.1) is 0 Å². The average molecular weight is 183 g/mol. The maximum Gasteiger partial charge on any atom is 0.116 e. The molecule has 0 saturated heterocycles. The van der Waals surface area contributed by atoms with Crippen molar-refractivity contribution in [2.75, 3.05) is 5.32 Å². The minimum atomic E-state index is 1.00. The molecule has 0 radical (unpaired) electrons. The van der Waals surface area contributed by atoms with Gasteiger partial charge in [-0.05, 0) is 12.1 Å². The number of aromatic amines is 1. The van der Waals surface area contributed by atoms with Crippen LogP contribution in [0.2, 0.25) is 0 Å². The molecule has 68 valence electrons. The number of H-pyrrole nitrogens is 1. The molecule has 0 atom stereocenters. The third-order valence-electron chi connectivity index (χ3n) is 2.36. The minimum absolute atomic E-state index is 1.00. The average Bonchev–Trinajstić information content (AvgIpc) is 2.42.